The minimum absolute atomic E-state index is 0.00280. The Morgan fingerprint density at radius 2 is 1.58 bits per heavy atom. The highest BCUT2D eigenvalue weighted by atomic mass is 16.2. The molecule has 0 unspecified atom stereocenters. The van der Waals surface area contributed by atoms with Crippen LogP contribution in [-0.4, -0.2) is 60.2 Å². The van der Waals surface area contributed by atoms with Crippen molar-refractivity contribution in [3.8, 4) is 0 Å². The lowest BCUT2D eigenvalue weighted by atomic mass is 10.0. The molecular formula is C20H27N3O3. The van der Waals surface area contributed by atoms with Gasteiger partial charge in [0.2, 0.25) is 17.7 Å². The molecule has 2 fully saturated rings. The molecule has 26 heavy (non-hydrogen) atoms. The highest BCUT2D eigenvalue weighted by molar-refractivity contribution is 6.00. The zero-order valence-electron chi connectivity index (χ0n) is 15.8. The molecule has 0 radical (unpaired) electrons. The number of amides is 3. The molecule has 3 rings (SSSR count). The maximum atomic E-state index is 12.8. The minimum Gasteiger partial charge on any atom is -0.339 e. The van der Waals surface area contributed by atoms with Crippen LogP contribution in [0.5, 0.6) is 0 Å². The molecule has 0 saturated carbocycles. The first-order chi connectivity index (χ1) is 12.4. The number of benzene rings is 1. The third kappa shape index (κ3) is 3.74. The molecule has 2 aliphatic heterocycles. The molecule has 0 spiro atoms. The van der Waals surface area contributed by atoms with Gasteiger partial charge in [0.1, 0.15) is 0 Å². The Morgan fingerprint density at radius 1 is 1.00 bits per heavy atom. The van der Waals surface area contributed by atoms with Crippen molar-refractivity contribution in [2.45, 2.75) is 33.1 Å². The summed E-state index contributed by atoms with van der Waals surface area (Å²) in [6, 6.07) is 8.02. The second-order valence-corrected chi connectivity index (χ2v) is 7.48. The van der Waals surface area contributed by atoms with Crippen molar-refractivity contribution < 1.29 is 14.4 Å². The fourth-order valence-corrected chi connectivity index (χ4v) is 3.66. The smallest absolute Gasteiger partial charge is 0.228 e. The van der Waals surface area contributed by atoms with Gasteiger partial charge in [0, 0.05) is 51.8 Å². The highest BCUT2D eigenvalue weighted by Crippen LogP contribution is 2.28. The summed E-state index contributed by atoms with van der Waals surface area (Å²) < 4.78 is 0. The standard InChI is InChI=1S/C20H27N3O3/c1-14(2)16-4-6-18(7-5-16)23-13-17(12-19(23)25)20(26)22-10-8-21(9-11-22)15(3)24/h4-7,14,17H,8-13H2,1-3H3/t17-/m1/s1. The van der Waals surface area contributed by atoms with Crippen molar-refractivity contribution in [2.75, 3.05) is 37.6 Å². The Hall–Kier alpha value is -2.37. The predicted octanol–water partition coefficient (Wildman–Crippen LogP) is 1.85. The summed E-state index contributed by atoms with van der Waals surface area (Å²) in [5, 5.41) is 0. The van der Waals surface area contributed by atoms with E-state index < -0.39 is 0 Å². The fraction of sp³-hybridized carbons (Fsp3) is 0.550. The summed E-state index contributed by atoms with van der Waals surface area (Å²) >= 11 is 0. The Morgan fingerprint density at radius 3 is 2.12 bits per heavy atom. The molecule has 2 heterocycles. The number of carbonyl (C=O) groups is 3. The Balaban J connectivity index is 1.62. The second kappa shape index (κ2) is 7.48. The molecule has 6 heteroatoms. The predicted molar refractivity (Wildman–Crippen MR) is 99.8 cm³/mol. The van der Waals surface area contributed by atoms with E-state index in [4.69, 9.17) is 0 Å². The molecule has 0 aliphatic carbocycles. The van der Waals surface area contributed by atoms with Gasteiger partial charge in [-0.15, -0.1) is 0 Å². The molecule has 2 aliphatic rings. The molecule has 140 valence electrons. The fourth-order valence-electron chi connectivity index (χ4n) is 3.66. The van der Waals surface area contributed by atoms with Crippen LogP contribution in [0.15, 0.2) is 24.3 Å². The summed E-state index contributed by atoms with van der Waals surface area (Å²) in [4.78, 5) is 41.9. The van der Waals surface area contributed by atoms with Crippen LogP contribution in [-0.2, 0) is 14.4 Å². The Labute approximate surface area is 154 Å². The van der Waals surface area contributed by atoms with E-state index in [-0.39, 0.29) is 30.1 Å². The zero-order valence-corrected chi connectivity index (χ0v) is 15.8. The van der Waals surface area contributed by atoms with Gasteiger partial charge in [-0.3, -0.25) is 14.4 Å². The Kier molecular flexibility index (Phi) is 5.30. The number of hydrogen-bond acceptors (Lipinski definition) is 3. The van der Waals surface area contributed by atoms with Gasteiger partial charge in [0.05, 0.1) is 5.92 Å². The van der Waals surface area contributed by atoms with Crippen LogP contribution in [0.25, 0.3) is 0 Å². The monoisotopic (exact) mass is 357 g/mol. The molecule has 3 amide bonds. The van der Waals surface area contributed by atoms with Crippen molar-refractivity contribution in [3.05, 3.63) is 29.8 Å². The lowest BCUT2D eigenvalue weighted by Crippen LogP contribution is -2.51. The van der Waals surface area contributed by atoms with E-state index in [9.17, 15) is 14.4 Å². The van der Waals surface area contributed by atoms with Crippen LogP contribution in [0.4, 0.5) is 5.69 Å². The molecule has 0 bridgehead atoms. The molecule has 2 saturated heterocycles. The zero-order chi connectivity index (χ0) is 18.8. The maximum Gasteiger partial charge on any atom is 0.228 e. The van der Waals surface area contributed by atoms with Crippen LogP contribution in [0.3, 0.4) is 0 Å². The van der Waals surface area contributed by atoms with Gasteiger partial charge in [-0.05, 0) is 23.6 Å². The first kappa shape index (κ1) is 18.4. The number of hydrogen-bond donors (Lipinski definition) is 0. The van der Waals surface area contributed by atoms with Gasteiger partial charge in [-0.25, -0.2) is 0 Å². The van der Waals surface area contributed by atoms with Crippen molar-refractivity contribution in [2.24, 2.45) is 5.92 Å². The van der Waals surface area contributed by atoms with Gasteiger partial charge in [0.15, 0.2) is 0 Å². The van der Waals surface area contributed by atoms with E-state index in [1.54, 1.807) is 21.6 Å². The minimum atomic E-state index is -0.295. The highest BCUT2D eigenvalue weighted by Gasteiger charge is 2.38. The maximum absolute atomic E-state index is 12.8. The van der Waals surface area contributed by atoms with E-state index in [1.807, 2.05) is 24.3 Å². The van der Waals surface area contributed by atoms with E-state index >= 15 is 0 Å². The van der Waals surface area contributed by atoms with Crippen LogP contribution >= 0.6 is 0 Å². The average molecular weight is 357 g/mol. The molecule has 0 N–H and O–H groups in total. The van der Waals surface area contributed by atoms with Crippen LogP contribution in [0.1, 0.15) is 38.7 Å². The summed E-state index contributed by atoms with van der Waals surface area (Å²) in [7, 11) is 0. The van der Waals surface area contributed by atoms with Crippen LogP contribution < -0.4 is 4.90 Å². The first-order valence-corrected chi connectivity index (χ1v) is 9.31. The molecule has 0 aromatic heterocycles. The van der Waals surface area contributed by atoms with E-state index in [0.29, 0.717) is 38.6 Å². The summed E-state index contributed by atoms with van der Waals surface area (Å²) in [5.41, 5.74) is 2.09. The Bertz CT molecular complexity index is 691. The first-order valence-electron chi connectivity index (χ1n) is 9.31. The SMILES string of the molecule is CC(=O)N1CCN(C(=O)[C@@H]2CC(=O)N(c3ccc(C(C)C)cc3)C2)CC1. The van der Waals surface area contributed by atoms with Crippen molar-refractivity contribution in [1.29, 1.82) is 0 Å². The second-order valence-electron chi connectivity index (χ2n) is 7.48. The number of carbonyl (C=O) groups excluding carboxylic acids is 3. The quantitative estimate of drug-likeness (QED) is 0.829. The van der Waals surface area contributed by atoms with Gasteiger partial charge < -0.3 is 14.7 Å². The molecule has 6 nitrogen and oxygen atoms in total. The summed E-state index contributed by atoms with van der Waals surface area (Å²) in [6.45, 7) is 8.50. The van der Waals surface area contributed by atoms with E-state index in [1.165, 1.54) is 5.56 Å². The van der Waals surface area contributed by atoms with Gasteiger partial charge in [0.25, 0.3) is 0 Å². The number of rotatable bonds is 3. The van der Waals surface area contributed by atoms with Crippen LogP contribution in [0, 0.1) is 5.92 Å². The molecule has 1 aromatic carbocycles. The average Bonchev–Trinajstić information content (AvgIpc) is 3.03. The number of nitrogens with zero attached hydrogens (tertiary/aromatic N) is 3. The molecule has 1 atom stereocenters. The topological polar surface area (TPSA) is 60.9 Å². The van der Waals surface area contributed by atoms with Gasteiger partial charge in [-0.1, -0.05) is 26.0 Å². The number of anilines is 1. The van der Waals surface area contributed by atoms with Crippen molar-refractivity contribution in [1.82, 2.24) is 9.80 Å². The van der Waals surface area contributed by atoms with Gasteiger partial charge >= 0.3 is 0 Å². The van der Waals surface area contributed by atoms with Crippen LogP contribution in [0.2, 0.25) is 0 Å². The lowest BCUT2D eigenvalue weighted by molar-refractivity contribution is -0.141. The third-order valence-corrected chi connectivity index (χ3v) is 5.38. The molecular weight excluding hydrogens is 330 g/mol. The summed E-state index contributed by atoms with van der Waals surface area (Å²) in [6.07, 6.45) is 0.262. The van der Waals surface area contributed by atoms with Crippen molar-refractivity contribution in [3.63, 3.8) is 0 Å². The van der Waals surface area contributed by atoms with Crippen molar-refractivity contribution >= 4 is 23.4 Å². The summed E-state index contributed by atoms with van der Waals surface area (Å²) in [5.74, 6) is 0.229. The van der Waals surface area contributed by atoms with E-state index in [0.717, 1.165) is 5.69 Å². The largest absolute Gasteiger partial charge is 0.339 e. The number of piperazine rings is 1. The lowest BCUT2D eigenvalue weighted by Gasteiger charge is -2.35. The van der Waals surface area contributed by atoms with E-state index in [2.05, 4.69) is 13.8 Å². The molecule has 1 aromatic rings. The van der Waals surface area contributed by atoms with Gasteiger partial charge in [-0.2, -0.15) is 0 Å². The normalized spacial score (nSPS) is 20.8. The third-order valence-electron chi connectivity index (χ3n) is 5.38.